The first-order chi connectivity index (χ1) is 16.1. The minimum absolute atomic E-state index is 0.0273. The molecule has 0 N–H and O–H groups in total. The molecule has 3 heteroatoms. The Bertz CT molecular complexity index is 624. The lowest BCUT2D eigenvalue weighted by atomic mass is 9.74. The van der Waals surface area contributed by atoms with Gasteiger partial charge >= 0.3 is 5.97 Å². The molecule has 0 aromatic heterocycles. The van der Waals surface area contributed by atoms with E-state index in [1.807, 2.05) is 31.2 Å². The Labute approximate surface area is 204 Å². The van der Waals surface area contributed by atoms with Gasteiger partial charge in [-0.1, -0.05) is 90.9 Å². The molecule has 1 aliphatic carbocycles. The molecule has 3 atom stereocenters. The van der Waals surface area contributed by atoms with Crippen LogP contribution in [0.1, 0.15) is 134 Å². The van der Waals surface area contributed by atoms with Gasteiger partial charge in [-0.15, -0.1) is 0 Å². The van der Waals surface area contributed by atoms with E-state index in [9.17, 15) is 4.79 Å². The highest BCUT2D eigenvalue weighted by Gasteiger charge is 2.24. The van der Waals surface area contributed by atoms with Crippen molar-refractivity contribution >= 4 is 5.97 Å². The number of unbranched alkanes of at least 4 members (excludes halogenated alkanes) is 6. The van der Waals surface area contributed by atoms with Crippen LogP contribution in [0.5, 0.6) is 5.75 Å². The predicted octanol–water partition coefficient (Wildman–Crippen LogP) is 9.14. The molecule has 2 rings (SSSR count). The largest absolute Gasteiger partial charge is 0.494 e. The Hall–Kier alpha value is -1.51. The summed E-state index contributed by atoms with van der Waals surface area (Å²) in [6.45, 7) is 7.25. The molecule has 1 aromatic rings. The molecular weight excluding hydrogens is 408 g/mol. The topological polar surface area (TPSA) is 35.5 Å². The summed E-state index contributed by atoms with van der Waals surface area (Å²) >= 11 is 0. The molecular formula is C30H50O3. The van der Waals surface area contributed by atoms with Crippen LogP contribution in [0.2, 0.25) is 0 Å². The van der Waals surface area contributed by atoms with Crippen LogP contribution in [0.4, 0.5) is 0 Å². The number of hydrogen-bond donors (Lipinski definition) is 0. The van der Waals surface area contributed by atoms with Crippen LogP contribution in [-0.2, 0) is 4.74 Å². The Kier molecular flexibility index (Phi) is 14.3. The van der Waals surface area contributed by atoms with Gasteiger partial charge in [-0.05, 0) is 68.7 Å². The summed E-state index contributed by atoms with van der Waals surface area (Å²) in [6.07, 6.45) is 20.8. The number of ether oxygens (including phenoxy) is 2. The van der Waals surface area contributed by atoms with Gasteiger partial charge in [0.1, 0.15) is 5.75 Å². The number of rotatable bonds is 17. The molecule has 0 saturated heterocycles. The second kappa shape index (κ2) is 17.0. The molecule has 1 fully saturated rings. The first-order valence-corrected chi connectivity index (χ1v) is 14.1. The number of carbonyl (C=O) groups excluding carboxylic acids is 1. The highest BCUT2D eigenvalue weighted by molar-refractivity contribution is 5.89. The van der Waals surface area contributed by atoms with E-state index in [4.69, 9.17) is 9.47 Å². The lowest BCUT2D eigenvalue weighted by Gasteiger charge is -2.31. The van der Waals surface area contributed by atoms with E-state index in [2.05, 4.69) is 13.8 Å². The third-order valence-corrected chi connectivity index (χ3v) is 7.35. The second-order valence-electron chi connectivity index (χ2n) is 10.2. The van der Waals surface area contributed by atoms with Crippen LogP contribution < -0.4 is 4.74 Å². The van der Waals surface area contributed by atoms with Gasteiger partial charge < -0.3 is 9.47 Å². The highest BCUT2D eigenvalue weighted by atomic mass is 16.5. The summed E-state index contributed by atoms with van der Waals surface area (Å²) in [5.74, 6) is 2.45. The van der Waals surface area contributed by atoms with Crippen LogP contribution in [0, 0.1) is 11.8 Å². The normalized spacial score (nSPS) is 19.2. The van der Waals surface area contributed by atoms with E-state index in [0.29, 0.717) is 5.56 Å². The summed E-state index contributed by atoms with van der Waals surface area (Å²) in [7, 11) is 0. The zero-order chi connectivity index (χ0) is 23.7. The van der Waals surface area contributed by atoms with Crippen molar-refractivity contribution in [2.45, 2.75) is 130 Å². The number of carbonyl (C=O) groups is 1. The fraction of sp³-hybridized carbons (Fsp3) is 0.767. The average Bonchev–Trinajstić information content (AvgIpc) is 2.83. The van der Waals surface area contributed by atoms with Crippen molar-refractivity contribution in [1.82, 2.24) is 0 Å². The zero-order valence-electron chi connectivity index (χ0n) is 21.8. The van der Waals surface area contributed by atoms with Crippen LogP contribution in [-0.4, -0.2) is 18.7 Å². The molecule has 0 bridgehead atoms. The molecule has 3 unspecified atom stereocenters. The van der Waals surface area contributed by atoms with Gasteiger partial charge in [-0.25, -0.2) is 4.79 Å². The minimum atomic E-state index is -0.230. The Morgan fingerprint density at radius 2 is 1.45 bits per heavy atom. The van der Waals surface area contributed by atoms with Crippen molar-refractivity contribution in [2.75, 3.05) is 6.61 Å². The molecule has 0 heterocycles. The summed E-state index contributed by atoms with van der Waals surface area (Å²) in [5.41, 5.74) is 0.607. The molecule has 3 nitrogen and oxygen atoms in total. The van der Waals surface area contributed by atoms with Crippen molar-refractivity contribution in [3.8, 4) is 5.75 Å². The molecule has 0 radical (unpaired) electrons. The Morgan fingerprint density at radius 3 is 2.09 bits per heavy atom. The molecule has 188 valence electrons. The lowest BCUT2D eigenvalue weighted by molar-refractivity contribution is 0.0319. The fourth-order valence-electron chi connectivity index (χ4n) is 5.27. The fourth-order valence-corrected chi connectivity index (χ4v) is 5.27. The third kappa shape index (κ3) is 11.5. The predicted molar refractivity (Wildman–Crippen MR) is 139 cm³/mol. The van der Waals surface area contributed by atoms with Crippen LogP contribution in [0.25, 0.3) is 0 Å². The van der Waals surface area contributed by atoms with Gasteiger partial charge in [-0.3, -0.25) is 0 Å². The first-order valence-electron chi connectivity index (χ1n) is 14.1. The van der Waals surface area contributed by atoms with Gasteiger partial charge in [0.25, 0.3) is 0 Å². The summed E-state index contributed by atoms with van der Waals surface area (Å²) < 4.78 is 11.6. The quantitative estimate of drug-likeness (QED) is 0.172. The van der Waals surface area contributed by atoms with Crippen molar-refractivity contribution in [1.29, 1.82) is 0 Å². The number of esters is 1. The van der Waals surface area contributed by atoms with Crippen molar-refractivity contribution in [3.63, 3.8) is 0 Å². The minimum Gasteiger partial charge on any atom is -0.494 e. The van der Waals surface area contributed by atoms with Gasteiger partial charge in [0.2, 0.25) is 0 Å². The van der Waals surface area contributed by atoms with Crippen LogP contribution in [0.15, 0.2) is 24.3 Å². The van der Waals surface area contributed by atoms with E-state index in [1.54, 1.807) is 0 Å². The van der Waals surface area contributed by atoms with E-state index >= 15 is 0 Å². The third-order valence-electron chi connectivity index (χ3n) is 7.35. The zero-order valence-corrected chi connectivity index (χ0v) is 21.8. The van der Waals surface area contributed by atoms with Gasteiger partial charge in [0.15, 0.2) is 0 Å². The molecule has 33 heavy (non-hydrogen) atoms. The number of hydrogen-bond acceptors (Lipinski definition) is 3. The molecule has 1 aromatic carbocycles. The van der Waals surface area contributed by atoms with Crippen molar-refractivity contribution < 1.29 is 14.3 Å². The molecule has 1 saturated carbocycles. The number of benzene rings is 1. The summed E-state index contributed by atoms with van der Waals surface area (Å²) in [5, 5.41) is 0. The van der Waals surface area contributed by atoms with Crippen LogP contribution >= 0.6 is 0 Å². The monoisotopic (exact) mass is 458 g/mol. The van der Waals surface area contributed by atoms with E-state index in [1.165, 1.54) is 83.5 Å². The summed E-state index contributed by atoms with van der Waals surface area (Å²) in [4.78, 5) is 12.4. The molecule has 0 aliphatic heterocycles. The summed E-state index contributed by atoms with van der Waals surface area (Å²) in [6, 6.07) is 7.46. The maximum atomic E-state index is 12.4. The molecule has 1 aliphatic rings. The van der Waals surface area contributed by atoms with Gasteiger partial charge in [-0.2, -0.15) is 0 Å². The van der Waals surface area contributed by atoms with E-state index in [0.717, 1.165) is 43.5 Å². The van der Waals surface area contributed by atoms with Crippen molar-refractivity contribution in [2.24, 2.45) is 11.8 Å². The first kappa shape index (κ1) is 27.7. The smallest absolute Gasteiger partial charge is 0.338 e. The van der Waals surface area contributed by atoms with Crippen molar-refractivity contribution in [3.05, 3.63) is 29.8 Å². The van der Waals surface area contributed by atoms with E-state index < -0.39 is 0 Å². The second-order valence-corrected chi connectivity index (χ2v) is 10.2. The highest BCUT2D eigenvalue weighted by Crippen LogP contribution is 2.36. The Balaban J connectivity index is 1.65. The molecule has 0 amide bonds. The maximum absolute atomic E-state index is 12.4. The van der Waals surface area contributed by atoms with Gasteiger partial charge in [0, 0.05) is 0 Å². The lowest BCUT2D eigenvalue weighted by Crippen LogP contribution is -2.20. The van der Waals surface area contributed by atoms with Crippen LogP contribution in [0.3, 0.4) is 0 Å². The van der Waals surface area contributed by atoms with E-state index in [-0.39, 0.29) is 12.1 Å². The standard InChI is InChI=1S/C30H50O3/c1-4-6-8-10-15-25(3)33-30(31)28-20-22-29(23-21-28)32-24-14-19-27-18-13-12-17-26(27)16-11-9-7-5-2/h20-23,25-27H,4-19,24H2,1-3H3. The molecule has 0 spiro atoms. The Morgan fingerprint density at radius 1 is 0.848 bits per heavy atom. The average molecular weight is 459 g/mol. The van der Waals surface area contributed by atoms with Gasteiger partial charge in [0.05, 0.1) is 18.3 Å². The SMILES string of the molecule is CCCCCCC(C)OC(=O)c1ccc(OCCCC2CCCCC2CCCCCC)cc1. The maximum Gasteiger partial charge on any atom is 0.338 e.